The molecule has 2 N–H and O–H groups in total. The first-order valence-corrected chi connectivity index (χ1v) is 10.1. The van der Waals surface area contributed by atoms with Crippen molar-refractivity contribution < 1.29 is 4.39 Å². The van der Waals surface area contributed by atoms with E-state index in [2.05, 4.69) is 64.1 Å². The second kappa shape index (κ2) is 11.4. The maximum atomic E-state index is 12.8. The smallest absolute Gasteiger partial charge is 0.111 e. The monoisotopic (exact) mass is 362 g/mol. The van der Waals surface area contributed by atoms with Crippen molar-refractivity contribution in [3.05, 3.63) is 47.2 Å². The molecule has 0 heterocycles. The van der Waals surface area contributed by atoms with Gasteiger partial charge in [-0.3, -0.25) is 0 Å². The zero-order valence-electron chi connectivity index (χ0n) is 17.5. The van der Waals surface area contributed by atoms with Crippen LogP contribution in [-0.4, -0.2) is 31.2 Å². The molecule has 0 fully saturated rings. The Labute approximate surface area is 160 Å². The van der Waals surface area contributed by atoms with Gasteiger partial charge in [0, 0.05) is 13.1 Å². The van der Waals surface area contributed by atoms with Crippen LogP contribution >= 0.6 is 0 Å². The van der Waals surface area contributed by atoms with E-state index in [0.717, 1.165) is 37.8 Å². The van der Waals surface area contributed by atoms with E-state index in [1.807, 2.05) is 6.08 Å². The number of halogens is 1. The van der Waals surface area contributed by atoms with Crippen molar-refractivity contribution in [1.29, 1.82) is 0 Å². The average Bonchev–Trinajstić information content (AvgIpc) is 2.85. The second-order valence-electron chi connectivity index (χ2n) is 7.95. The van der Waals surface area contributed by atoms with Gasteiger partial charge in [0.15, 0.2) is 0 Å². The van der Waals surface area contributed by atoms with Gasteiger partial charge in [-0.25, -0.2) is 4.39 Å². The number of alkyl halides is 1. The first-order valence-electron chi connectivity index (χ1n) is 10.1. The largest absolute Gasteiger partial charge is 0.377 e. The van der Waals surface area contributed by atoms with E-state index >= 15 is 0 Å². The summed E-state index contributed by atoms with van der Waals surface area (Å²) in [7, 11) is 2.20. The first kappa shape index (κ1) is 22.7. The number of hydrogen-bond acceptors (Lipinski definition) is 2. The third-order valence-corrected chi connectivity index (χ3v) is 5.77. The predicted octanol–water partition coefficient (Wildman–Crippen LogP) is 5.93. The Morgan fingerprint density at radius 3 is 2.69 bits per heavy atom. The predicted molar refractivity (Wildman–Crippen MR) is 113 cm³/mol. The van der Waals surface area contributed by atoms with Crippen molar-refractivity contribution in [3.8, 4) is 0 Å². The highest BCUT2D eigenvalue weighted by Gasteiger charge is 2.32. The molecule has 2 nitrogen and oxygen atoms in total. The Balaban J connectivity index is 2.85. The van der Waals surface area contributed by atoms with Crippen LogP contribution in [0.5, 0.6) is 0 Å². The number of allylic oxidation sites excluding steroid dienone is 7. The van der Waals surface area contributed by atoms with Crippen LogP contribution in [0.2, 0.25) is 0 Å². The molecule has 0 aromatic heterocycles. The summed E-state index contributed by atoms with van der Waals surface area (Å²) in [6.45, 7) is 9.56. The van der Waals surface area contributed by atoms with Crippen LogP contribution in [0, 0.1) is 5.41 Å². The molecule has 0 bridgehead atoms. The molecule has 0 saturated carbocycles. The van der Waals surface area contributed by atoms with E-state index < -0.39 is 0 Å². The van der Waals surface area contributed by atoms with Crippen LogP contribution in [-0.2, 0) is 0 Å². The minimum Gasteiger partial charge on any atom is -0.377 e. The molecule has 0 saturated heterocycles. The average molecular weight is 363 g/mol. The fourth-order valence-corrected chi connectivity index (χ4v) is 4.09. The van der Waals surface area contributed by atoms with Gasteiger partial charge < -0.3 is 10.6 Å². The molecule has 2 unspecified atom stereocenters. The Morgan fingerprint density at radius 2 is 2.12 bits per heavy atom. The molecule has 1 aliphatic carbocycles. The lowest BCUT2D eigenvalue weighted by molar-refractivity contribution is 0.111. The van der Waals surface area contributed by atoms with Crippen LogP contribution in [0.3, 0.4) is 0 Å². The van der Waals surface area contributed by atoms with E-state index in [0.29, 0.717) is 12.5 Å². The summed E-state index contributed by atoms with van der Waals surface area (Å²) in [4.78, 5) is 2.40. The van der Waals surface area contributed by atoms with Crippen LogP contribution in [0.15, 0.2) is 47.2 Å². The Morgan fingerprint density at radius 1 is 1.38 bits per heavy atom. The van der Waals surface area contributed by atoms with Crippen LogP contribution in [0.4, 0.5) is 4.39 Å². The van der Waals surface area contributed by atoms with Crippen LogP contribution in [0.1, 0.15) is 66.2 Å². The zero-order chi connectivity index (χ0) is 19.6. The van der Waals surface area contributed by atoms with E-state index in [9.17, 15) is 4.39 Å². The molecule has 0 aliphatic heterocycles. The van der Waals surface area contributed by atoms with E-state index in [-0.39, 0.29) is 12.1 Å². The molecule has 2 atom stereocenters. The van der Waals surface area contributed by atoms with Crippen LogP contribution in [0.25, 0.3) is 0 Å². The van der Waals surface area contributed by atoms with Gasteiger partial charge in [-0.15, -0.1) is 0 Å². The van der Waals surface area contributed by atoms with Crippen LogP contribution < -0.4 is 5.73 Å². The molecule has 0 aromatic rings. The van der Waals surface area contributed by atoms with E-state index in [1.165, 1.54) is 17.6 Å². The molecule has 26 heavy (non-hydrogen) atoms. The quantitative estimate of drug-likeness (QED) is 0.494. The summed E-state index contributed by atoms with van der Waals surface area (Å²) in [5, 5.41) is 0. The molecule has 0 radical (unpaired) electrons. The summed E-state index contributed by atoms with van der Waals surface area (Å²) >= 11 is 0. The summed E-state index contributed by atoms with van der Waals surface area (Å²) < 4.78 is 12.8. The molecule has 148 valence electrons. The fraction of sp³-hybridized carbons (Fsp3) is 0.652. The van der Waals surface area contributed by atoms with Gasteiger partial charge >= 0.3 is 0 Å². The van der Waals surface area contributed by atoms with Crippen molar-refractivity contribution in [1.82, 2.24) is 4.90 Å². The van der Waals surface area contributed by atoms with Crippen molar-refractivity contribution in [3.63, 3.8) is 0 Å². The number of hydrogen-bond donors (Lipinski definition) is 1. The summed E-state index contributed by atoms with van der Waals surface area (Å²) in [6, 6.07) is 0.505. The summed E-state index contributed by atoms with van der Waals surface area (Å²) in [5.74, 6) is 0. The van der Waals surface area contributed by atoms with Gasteiger partial charge in [0.25, 0.3) is 0 Å². The zero-order valence-corrected chi connectivity index (χ0v) is 17.5. The third-order valence-electron chi connectivity index (χ3n) is 5.77. The molecule has 1 aliphatic rings. The lowest BCUT2D eigenvalue weighted by Gasteiger charge is -2.42. The summed E-state index contributed by atoms with van der Waals surface area (Å²) in [5.41, 5.74) is 9.45. The second-order valence-corrected chi connectivity index (χ2v) is 7.95. The Hall–Kier alpha value is -1.35. The van der Waals surface area contributed by atoms with Gasteiger partial charge in [-0.05, 0) is 74.8 Å². The van der Waals surface area contributed by atoms with E-state index in [1.54, 1.807) is 0 Å². The minimum absolute atomic E-state index is 0.278. The highest BCUT2D eigenvalue weighted by molar-refractivity contribution is 5.33. The highest BCUT2D eigenvalue weighted by Crippen LogP contribution is 2.36. The molecule has 0 amide bonds. The van der Waals surface area contributed by atoms with Gasteiger partial charge in [0.1, 0.15) is 6.67 Å². The van der Waals surface area contributed by atoms with E-state index in [4.69, 9.17) is 5.73 Å². The lowest BCUT2D eigenvalue weighted by atomic mass is 9.74. The van der Waals surface area contributed by atoms with Gasteiger partial charge in [0.2, 0.25) is 0 Å². The standard InChI is InChI=1S/C23H39FN2/c1-6-22(23(4,7-2)14-9-15-25)26(5)18-19(3)16-20-10-8-11-21(17-24)13-12-20/h8,10,12-13,18,22H,6-7,9,11,14-17,25H2,1-5H3/b19-18+. The van der Waals surface area contributed by atoms with Crippen molar-refractivity contribution >= 4 is 0 Å². The molecule has 1 rings (SSSR count). The minimum atomic E-state index is -0.359. The fourth-order valence-electron chi connectivity index (χ4n) is 4.09. The molecular formula is C23H39FN2. The Kier molecular flexibility index (Phi) is 9.93. The van der Waals surface area contributed by atoms with Crippen molar-refractivity contribution in [2.75, 3.05) is 20.3 Å². The van der Waals surface area contributed by atoms with Crippen molar-refractivity contribution in [2.45, 2.75) is 72.3 Å². The molecule has 3 heteroatoms. The van der Waals surface area contributed by atoms with Gasteiger partial charge in [-0.1, -0.05) is 50.6 Å². The topological polar surface area (TPSA) is 29.3 Å². The van der Waals surface area contributed by atoms with Crippen molar-refractivity contribution in [2.24, 2.45) is 11.1 Å². The molecule has 0 spiro atoms. The maximum Gasteiger partial charge on any atom is 0.111 e. The summed E-state index contributed by atoms with van der Waals surface area (Å²) in [6.07, 6.45) is 16.6. The first-order chi connectivity index (χ1) is 12.4. The SMILES string of the molecule is CCC(N(C)/C=C(\C)CC1=CC=C(CF)CC=C1)C(C)(CC)CCCN. The Bertz CT molecular complexity index is 544. The number of nitrogens with two attached hydrogens (primary N) is 1. The third kappa shape index (κ3) is 6.75. The molecule has 0 aromatic carbocycles. The van der Waals surface area contributed by atoms with Gasteiger partial charge in [0.05, 0.1) is 0 Å². The normalized spacial score (nSPS) is 18.7. The van der Waals surface area contributed by atoms with Gasteiger partial charge in [-0.2, -0.15) is 0 Å². The number of nitrogens with zero attached hydrogens (tertiary/aromatic N) is 1. The molecular weight excluding hydrogens is 323 g/mol. The lowest BCUT2D eigenvalue weighted by Crippen LogP contribution is -2.42. The maximum absolute atomic E-state index is 12.8. The number of rotatable bonds is 11. The highest BCUT2D eigenvalue weighted by atomic mass is 19.1.